The van der Waals surface area contributed by atoms with Gasteiger partial charge in [0.2, 0.25) is 5.89 Å². The number of hydrogen-bond acceptors (Lipinski definition) is 4. The molecule has 2 unspecified atom stereocenters. The monoisotopic (exact) mass is 260 g/mol. The molecule has 2 heterocycles. The Morgan fingerprint density at radius 1 is 1.57 bits per heavy atom. The molecule has 1 aromatic heterocycles. The molecule has 0 aromatic carbocycles. The molecule has 1 fully saturated rings. The number of rotatable bonds is 3. The van der Waals surface area contributed by atoms with Gasteiger partial charge in [0.1, 0.15) is 0 Å². The molecule has 2 rings (SSSR count). The molecule has 4 nitrogen and oxygen atoms in total. The van der Waals surface area contributed by atoms with Crippen molar-refractivity contribution in [2.45, 2.75) is 37.1 Å². The van der Waals surface area contributed by atoms with Gasteiger partial charge < -0.3 is 9.26 Å². The highest BCUT2D eigenvalue weighted by atomic mass is 79.9. The summed E-state index contributed by atoms with van der Waals surface area (Å²) in [4.78, 5) is 4.30. The standard InChI is InChI=1S/C9H13BrN2O2/c1-2-7-6(3-4-13-7)9-11-8(5-10)12-14-9/h6-7H,2-5H2,1H3. The summed E-state index contributed by atoms with van der Waals surface area (Å²) >= 11 is 3.30. The lowest BCUT2D eigenvalue weighted by atomic mass is 10.00. The van der Waals surface area contributed by atoms with Crippen LogP contribution in [0.2, 0.25) is 0 Å². The second-order valence-corrected chi connectivity index (χ2v) is 3.96. The molecule has 0 aliphatic carbocycles. The summed E-state index contributed by atoms with van der Waals surface area (Å²) in [6.45, 7) is 2.92. The molecule has 14 heavy (non-hydrogen) atoms. The van der Waals surface area contributed by atoms with E-state index < -0.39 is 0 Å². The number of halogens is 1. The second kappa shape index (κ2) is 4.40. The summed E-state index contributed by atoms with van der Waals surface area (Å²) in [5, 5.41) is 4.50. The number of alkyl halides is 1. The van der Waals surface area contributed by atoms with Crippen molar-refractivity contribution in [3.05, 3.63) is 11.7 Å². The first-order valence-electron chi connectivity index (χ1n) is 4.85. The first-order chi connectivity index (χ1) is 6.85. The van der Waals surface area contributed by atoms with Gasteiger partial charge in [-0.25, -0.2) is 0 Å². The zero-order valence-electron chi connectivity index (χ0n) is 8.07. The molecule has 0 spiro atoms. The maximum atomic E-state index is 5.57. The van der Waals surface area contributed by atoms with Gasteiger partial charge >= 0.3 is 0 Å². The average Bonchev–Trinajstić information content (AvgIpc) is 2.85. The van der Waals surface area contributed by atoms with E-state index in [9.17, 15) is 0 Å². The van der Waals surface area contributed by atoms with Crippen LogP contribution >= 0.6 is 15.9 Å². The van der Waals surface area contributed by atoms with Crippen molar-refractivity contribution in [2.75, 3.05) is 6.61 Å². The Balaban J connectivity index is 2.13. The van der Waals surface area contributed by atoms with E-state index in [0.29, 0.717) is 17.1 Å². The topological polar surface area (TPSA) is 48.2 Å². The van der Waals surface area contributed by atoms with Crippen LogP contribution in [0.15, 0.2) is 4.52 Å². The van der Waals surface area contributed by atoms with Crippen LogP contribution in [0, 0.1) is 0 Å². The average molecular weight is 261 g/mol. The molecule has 1 saturated heterocycles. The summed E-state index contributed by atoms with van der Waals surface area (Å²) < 4.78 is 10.8. The molecule has 5 heteroatoms. The summed E-state index contributed by atoms with van der Waals surface area (Å²) in [5.41, 5.74) is 0. The van der Waals surface area contributed by atoms with Gasteiger partial charge in [-0.1, -0.05) is 28.0 Å². The lowest BCUT2D eigenvalue weighted by molar-refractivity contribution is 0.0953. The van der Waals surface area contributed by atoms with Gasteiger partial charge in [-0.2, -0.15) is 4.98 Å². The normalized spacial score (nSPS) is 27.0. The lowest BCUT2D eigenvalue weighted by Crippen LogP contribution is -2.13. The van der Waals surface area contributed by atoms with Gasteiger partial charge in [0, 0.05) is 6.61 Å². The Morgan fingerprint density at radius 2 is 2.43 bits per heavy atom. The highest BCUT2D eigenvalue weighted by molar-refractivity contribution is 9.08. The van der Waals surface area contributed by atoms with Gasteiger partial charge in [-0.15, -0.1) is 0 Å². The van der Waals surface area contributed by atoms with E-state index in [1.807, 2.05) is 0 Å². The second-order valence-electron chi connectivity index (χ2n) is 3.40. The summed E-state index contributed by atoms with van der Waals surface area (Å²) in [7, 11) is 0. The molecule has 0 bridgehead atoms. The van der Waals surface area contributed by atoms with E-state index in [0.717, 1.165) is 25.3 Å². The van der Waals surface area contributed by atoms with Gasteiger partial charge in [0.05, 0.1) is 17.4 Å². The highest BCUT2D eigenvalue weighted by Gasteiger charge is 2.32. The van der Waals surface area contributed by atoms with Gasteiger partial charge in [0.25, 0.3) is 0 Å². The van der Waals surface area contributed by atoms with Crippen molar-refractivity contribution in [3.8, 4) is 0 Å². The van der Waals surface area contributed by atoms with Crippen LogP contribution in [0.25, 0.3) is 0 Å². The van der Waals surface area contributed by atoms with Crippen LogP contribution in [0.5, 0.6) is 0 Å². The van der Waals surface area contributed by atoms with E-state index in [1.165, 1.54) is 0 Å². The lowest BCUT2D eigenvalue weighted by Gasteiger charge is -2.11. The Morgan fingerprint density at radius 3 is 3.07 bits per heavy atom. The number of aromatic nitrogens is 2. The fraction of sp³-hybridized carbons (Fsp3) is 0.778. The van der Waals surface area contributed by atoms with Crippen LogP contribution in [-0.4, -0.2) is 22.9 Å². The van der Waals surface area contributed by atoms with Gasteiger partial charge in [0.15, 0.2) is 5.82 Å². The molecule has 0 saturated carbocycles. The Kier molecular flexibility index (Phi) is 3.18. The van der Waals surface area contributed by atoms with Crippen LogP contribution < -0.4 is 0 Å². The molecule has 1 aliphatic rings. The van der Waals surface area contributed by atoms with Crippen molar-refractivity contribution in [2.24, 2.45) is 0 Å². The minimum absolute atomic E-state index is 0.249. The van der Waals surface area contributed by atoms with E-state index in [4.69, 9.17) is 9.26 Å². The molecule has 1 aliphatic heterocycles. The summed E-state index contributed by atoms with van der Waals surface area (Å²) in [6.07, 6.45) is 2.23. The van der Waals surface area contributed by atoms with Gasteiger partial charge in [-0.05, 0) is 12.8 Å². The predicted molar refractivity (Wildman–Crippen MR) is 54.3 cm³/mol. The first-order valence-corrected chi connectivity index (χ1v) is 5.97. The molecule has 2 atom stereocenters. The fourth-order valence-corrected chi connectivity index (χ4v) is 2.03. The third kappa shape index (κ3) is 1.83. The largest absolute Gasteiger partial charge is 0.377 e. The third-order valence-electron chi connectivity index (χ3n) is 2.53. The molecule has 0 amide bonds. The maximum absolute atomic E-state index is 5.57. The van der Waals surface area contributed by atoms with Gasteiger partial charge in [-0.3, -0.25) is 0 Å². The van der Waals surface area contributed by atoms with Crippen LogP contribution in [0.3, 0.4) is 0 Å². The van der Waals surface area contributed by atoms with E-state index >= 15 is 0 Å². The van der Waals surface area contributed by atoms with E-state index in [2.05, 4.69) is 33.0 Å². The quantitative estimate of drug-likeness (QED) is 0.783. The maximum Gasteiger partial charge on any atom is 0.232 e. The number of ether oxygens (including phenoxy) is 1. The minimum atomic E-state index is 0.249. The zero-order chi connectivity index (χ0) is 9.97. The molecule has 78 valence electrons. The van der Waals surface area contributed by atoms with Crippen LogP contribution in [-0.2, 0) is 10.1 Å². The van der Waals surface area contributed by atoms with Crippen molar-refractivity contribution in [1.29, 1.82) is 0 Å². The van der Waals surface area contributed by atoms with Crippen LogP contribution in [0.1, 0.15) is 37.4 Å². The number of hydrogen-bond donors (Lipinski definition) is 0. The molecule has 0 N–H and O–H groups in total. The predicted octanol–water partition coefficient (Wildman–Crippen LogP) is 2.25. The SMILES string of the molecule is CCC1OCCC1c1nc(CBr)no1. The number of nitrogens with zero attached hydrogens (tertiary/aromatic N) is 2. The molecule has 0 radical (unpaired) electrons. The minimum Gasteiger partial charge on any atom is -0.377 e. The molecular weight excluding hydrogens is 248 g/mol. The molecular formula is C9H13BrN2O2. The Labute approximate surface area is 91.1 Å². The first kappa shape index (κ1) is 10.1. The summed E-state index contributed by atoms with van der Waals surface area (Å²) in [5.74, 6) is 1.73. The fourth-order valence-electron chi connectivity index (χ4n) is 1.81. The highest BCUT2D eigenvalue weighted by Crippen LogP contribution is 2.31. The molecule has 1 aromatic rings. The summed E-state index contributed by atoms with van der Waals surface area (Å²) in [6, 6.07) is 0. The Hall–Kier alpha value is -0.420. The zero-order valence-corrected chi connectivity index (χ0v) is 9.66. The van der Waals surface area contributed by atoms with Crippen molar-refractivity contribution >= 4 is 15.9 Å². The van der Waals surface area contributed by atoms with Crippen molar-refractivity contribution in [1.82, 2.24) is 10.1 Å². The van der Waals surface area contributed by atoms with E-state index in [1.54, 1.807) is 0 Å². The van der Waals surface area contributed by atoms with Crippen molar-refractivity contribution in [3.63, 3.8) is 0 Å². The van der Waals surface area contributed by atoms with Crippen LogP contribution in [0.4, 0.5) is 0 Å². The van der Waals surface area contributed by atoms with E-state index in [-0.39, 0.29) is 6.10 Å². The van der Waals surface area contributed by atoms with Crippen molar-refractivity contribution < 1.29 is 9.26 Å². The smallest absolute Gasteiger partial charge is 0.232 e. The Bertz CT molecular complexity index is 303. The third-order valence-corrected chi connectivity index (χ3v) is 3.03.